The molecule has 8 atom stereocenters. The topological polar surface area (TPSA) is 402 Å². The van der Waals surface area contributed by atoms with E-state index < -0.39 is 176 Å². The predicted molar refractivity (Wildman–Crippen MR) is 302 cm³/mol. The molecule has 0 saturated carbocycles. The molecule has 0 unspecified atom stereocenters. The van der Waals surface area contributed by atoms with E-state index in [1.807, 2.05) is 6.92 Å². The summed E-state index contributed by atoms with van der Waals surface area (Å²) in [5.74, 6) is -15.0. The van der Waals surface area contributed by atoms with Crippen molar-refractivity contribution in [3.8, 4) is 0 Å². The normalized spacial score (nSPS) is 22.2. The first-order valence-electron chi connectivity index (χ1n) is 27.1. The third kappa shape index (κ3) is 18.5. The Kier molecular flexibility index (Phi) is 25.5. The number of H-pyrrole nitrogens is 1. The molecule has 3 aliphatic rings. The third-order valence-corrected chi connectivity index (χ3v) is 15.9. The summed E-state index contributed by atoms with van der Waals surface area (Å²) in [5, 5.41) is 34.9. The van der Waals surface area contributed by atoms with Gasteiger partial charge in [0.05, 0.1) is 44.2 Å². The highest BCUT2D eigenvalue weighted by molar-refractivity contribution is 7.99. The monoisotopic (exact) mass is 1240 g/mol. The molecule has 3 aliphatic heterocycles. The number of ketones is 1. The molecule has 11 N–H and O–H groups in total. The number of nitrogens with zero attached hydrogens (tertiary/aromatic N) is 3. The molecule has 11 amide bonds. The molecule has 2 aromatic rings. The number of methoxy groups -OCH3 is 1. The first kappa shape index (κ1) is 67.2. The van der Waals surface area contributed by atoms with Gasteiger partial charge in [-0.3, -0.25) is 72.4 Å². The van der Waals surface area contributed by atoms with Gasteiger partial charge in [-0.25, -0.2) is 10.0 Å². The minimum atomic E-state index is -1.63. The summed E-state index contributed by atoms with van der Waals surface area (Å²) in [6, 6.07) is -3.60. The number of carboxylic acid groups (broad SMARTS) is 1. The van der Waals surface area contributed by atoms with Crippen LogP contribution in [0.4, 0.5) is 5.69 Å². The molecule has 2 bridgehead atoms. The SMILES string of the molecule is CC[C@H](C)[C@@H]1NCC(=O)CNC(=O)[C@@H]2Cc3c([nH]c4ccc(NC(=O)CCNC(=O)CN(C(=O)CCl)N(CC(=O)O)C(=O)CCl)cc34)SC[C@H](NC(=O)CNC1=O)C(=O)N[C@@H](CC(=O)OC)C(=O)N1CCC[C@H]1C(=O)N[C@@H]([C@@H](C)CC)C(=O)N2. The Balaban J connectivity index is 1.59. The number of thioether (sulfide) groups is 1. The van der Waals surface area contributed by atoms with Crippen molar-refractivity contribution in [1.29, 1.82) is 0 Å². The molecule has 1 aromatic heterocycles. The van der Waals surface area contributed by atoms with Crippen molar-refractivity contribution >= 4 is 134 Å². The maximum absolute atomic E-state index is 14.7. The molecule has 0 radical (unpaired) electrons. The van der Waals surface area contributed by atoms with Gasteiger partial charge in [0.15, 0.2) is 5.78 Å². The van der Waals surface area contributed by atoms with E-state index in [2.05, 4.69) is 52.8 Å². The Morgan fingerprint density at radius 2 is 1.45 bits per heavy atom. The number of anilines is 1. The second kappa shape index (κ2) is 31.9. The fourth-order valence-electron chi connectivity index (χ4n) is 9.35. The Labute approximate surface area is 496 Å². The van der Waals surface area contributed by atoms with Crippen LogP contribution in [0.2, 0.25) is 0 Å². The Morgan fingerprint density at radius 3 is 2.11 bits per heavy atom. The molecule has 0 aliphatic carbocycles. The van der Waals surface area contributed by atoms with Gasteiger partial charge in [0.1, 0.15) is 55.1 Å². The second-order valence-corrected chi connectivity index (χ2v) is 21.8. The van der Waals surface area contributed by atoms with Crippen molar-refractivity contribution in [2.75, 3.05) is 75.8 Å². The number of alkyl halides is 2. The van der Waals surface area contributed by atoms with Gasteiger partial charge in [-0.1, -0.05) is 40.5 Å². The number of Topliss-reactive ketones (excluding diaryl/α,β-unsaturated/α-hetero) is 1. The predicted octanol–water partition coefficient (Wildman–Crippen LogP) is -2.25. The summed E-state index contributed by atoms with van der Waals surface area (Å²) in [4.78, 5) is 194. The molecule has 32 heteroatoms. The van der Waals surface area contributed by atoms with Crippen molar-refractivity contribution in [1.82, 2.24) is 62.4 Å². The largest absolute Gasteiger partial charge is 0.480 e. The van der Waals surface area contributed by atoms with Crippen LogP contribution < -0.4 is 47.9 Å². The minimum absolute atomic E-state index is 0.0260. The summed E-state index contributed by atoms with van der Waals surface area (Å²) < 4.78 is 4.88. The lowest BCUT2D eigenvalue weighted by molar-refractivity contribution is -0.167. The van der Waals surface area contributed by atoms with E-state index in [1.54, 1.807) is 26.8 Å². The van der Waals surface area contributed by atoms with Crippen LogP contribution >= 0.6 is 35.0 Å². The first-order valence-corrected chi connectivity index (χ1v) is 29.2. The van der Waals surface area contributed by atoms with Gasteiger partial charge < -0.3 is 62.3 Å². The molecule has 29 nitrogen and oxygen atoms in total. The smallest absolute Gasteiger partial charge is 0.325 e. The lowest BCUT2D eigenvalue weighted by Crippen LogP contribution is -2.60. The Bertz CT molecular complexity index is 2860. The molecular formula is C52H71Cl2N13O16S. The lowest BCUT2D eigenvalue weighted by atomic mass is 9.96. The average molecular weight is 1240 g/mol. The molecule has 1 fully saturated rings. The number of aromatic nitrogens is 1. The van der Waals surface area contributed by atoms with Gasteiger partial charge >= 0.3 is 11.9 Å². The molecule has 460 valence electrons. The van der Waals surface area contributed by atoms with Crippen LogP contribution in [0.15, 0.2) is 23.2 Å². The summed E-state index contributed by atoms with van der Waals surface area (Å²) in [6.07, 6.45) is -0.148. The number of carbonyl (C=O) groups excluding carboxylic acids is 13. The number of halogens is 2. The molecular weight excluding hydrogens is 1170 g/mol. The van der Waals surface area contributed by atoms with Crippen molar-refractivity contribution in [3.05, 3.63) is 23.8 Å². The van der Waals surface area contributed by atoms with E-state index in [-0.39, 0.29) is 54.7 Å². The number of aliphatic carboxylic acids is 1. The minimum Gasteiger partial charge on any atom is -0.480 e. The molecule has 84 heavy (non-hydrogen) atoms. The molecule has 1 aromatic carbocycles. The van der Waals surface area contributed by atoms with Crippen LogP contribution in [0.3, 0.4) is 0 Å². The highest BCUT2D eigenvalue weighted by atomic mass is 35.5. The lowest BCUT2D eigenvalue weighted by Gasteiger charge is -2.32. The van der Waals surface area contributed by atoms with Gasteiger partial charge in [0.25, 0.3) is 11.8 Å². The zero-order valence-electron chi connectivity index (χ0n) is 46.9. The van der Waals surface area contributed by atoms with Crippen molar-refractivity contribution < 1.29 is 77.0 Å². The van der Waals surface area contributed by atoms with Crippen LogP contribution in [0.1, 0.15) is 71.8 Å². The van der Waals surface area contributed by atoms with E-state index >= 15 is 0 Å². The van der Waals surface area contributed by atoms with E-state index in [4.69, 9.17) is 27.9 Å². The van der Waals surface area contributed by atoms with Crippen LogP contribution in [0.5, 0.6) is 0 Å². The molecule has 1 saturated heterocycles. The first-order chi connectivity index (χ1) is 39.9. The van der Waals surface area contributed by atoms with Gasteiger partial charge in [0, 0.05) is 48.3 Å². The number of ether oxygens (including phenoxy) is 1. The zero-order chi connectivity index (χ0) is 61.9. The quantitative estimate of drug-likeness (QED) is 0.0481. The number of nitrogens with one attached hydrogen (secondary N) is 10. The number of hydrazine groups is 1. The number of aromatic amines is 1. The number of hydrogen-bond acceptors (Lipinski definition) is 17. The average Bonchev–Trinajstić information content (AvgIpc) is 4.19. The van der Waals surface area contributed by atoms with Gasteiger partial charge in [-0.05, 0) is 48.4 Å². The zero-order valence-corrected chi connectivity index (χ0v) is 49.3. The van der Waals surface area contributed by atoms with Crippen molar-refractivity contribution in [3.63, 3.8) is 0 Å². The molecule has 4 heterocycles. The molecule has 0 spiro atoms. The third-order valence-electron chi connectivity index (χ3n) is 14.3. The van der Waals surface area contributed by atoms with Crippen molar-refractivity contribution in [2.24, 2.45) is 11.8 Å². The standard InChI is InChI=1S/C52H71Cl2N13O16S/c1-6-26(3)44-49(80)58-22-38(70)60-35-25-84-51-31(30-15-28(10-11-32(30)63-51)59-37(69)12-13-55-39(71)23-66(40(72)18-53)67(24-42(74)75)41(73)19-54)16-33(46(77)57-21-29(68)20-56-44)61-50(81)45(27(4)7-2)64-48(79)36-9-8-14-65(36)52(82)34(62-47(35)78)17-43(76)83-5/h10-11,15,26-27,33-36,44-45,56,63H,6-9,12-14,16-25H2,1-5H3,(H,55,71)(H,57,77)(H,58,80)(H,59,69)(H,60,70)(H,61,81)(H,62,78)(H,64,79)(H,74,75)/t26-,27-,33-,34-,35-,36-,44-,45-/m0/s1. The number of hydrogen-bond donors (Lipinski definition) is 11. The van der Waals surface area contributed by atoms with Gasteiger partial charge in [0.2, 0.25) is 53.2 Å². The van der Waals surface area contributed by atoms with E-state index in [9.17, 15) is 72.2 Å². The Morgan fingerprint density at radius 1 is 0.786 bits per heavy atom. The molecule has 5 rings (SSSR count). The highest BCUT2D eigenvalue weighted by Gasteiger charge is 2.42. The van der Waals surface area contributed by atoms with E-state index in [0.29, 0.717) is 45.7 Å². The number of benzene rings is 1. The number of carboxylic acids is 1. The van der Waals surface area contributed by atoms with Crippen molar-refractivity contribution in [2.45, 2.75) is 114 Å². The van der Waals surface area contributed by atoms with Crippen LogP contribution in [0, 0.1) is 11.8 Å². The maximum Gasteiger partial charge on any atom is 0.325 e. The highest BCUT2D eigenvalue weighted by Crippen LogP contribution is 2.34. The fraction of sp³-hybridized carbons (Fsp3) is 0.577. The summed E-state index contributed by atoms with van der Waals surface area (Å²) in [5.41, 5.74) is 0.853. The van der Waals surface area contributed by atoms with E-state index in [0.717, 1.165) is 18.9 Å². The summed E-state index contributed by atoms with van der Waals surface area (Å²) in [7, 11) is 1.08. The van der Waals surface area contributed by atoms with Gasteiger partial charge in [-0.2, -0.15) is 0 Å². The summed E-state index contributed by atoms with van der Waals surface area (Å²) in [6.45, 7) is 3.20. The second-order valence-electron chi connectivity index (χ2n) is 20.2. The number of esters is 1. The number of amides is 11. The number of fused-ring (bicyclic) bond motifs is 5. The number of carbonyl (C=O) groups is 14. The number of rotatable bonds is 16. The van der Waals surface area contributed by atoms with E-state index in [1.165, 1.54) is 17.0 Å². The van der Waals surface area contributed by atoms with Gasteiger partial charge in [-0.15, -0.1) is 35.0 Å². The maximum atomic E-state index is 14.7. The Hall–Kier alpha value is -7.57. The van der Waals surface area contributed by atoms with Crippen LogP contribution in [0.25, 0.3) is 10.9 Å². The van der Waals surface area contributed by atoms with Crippen LogP contribution in [-0.4, -0.2) is 214 Å². The van der Waals surface area contributed by atoms with Crippen LogP contribution in [-0.2, 0) is 78.3 Å². The fourth-order valence-corrected chi connectivity index (χ4v) is 10.7. The summed E-state index contributed by atoms with van der Waals surface area (Å²) >= 11 is 12.3.